The summed E-state index contributed by atoms with van der Waals surface area (Å²) in [6, 6.07) is 10.8. The van der Waals surface area contributed by atoms with Gasteiger partial charge in [0.15, 0.2) is 0 Å². The van der Waals surface area contributed by atoms with Crippen molar-refractivity contribution in [1.29, 1.82) is 0 Å². The van der Waals surface area contributed by atoms with E-state index in [1.165, 1.54) is 5.69 Å². The normalized spacial score (nSPS) is 17.5. The summed E-state index contributed by atoms with van der Waals surface area (Å²) in [7, 11) is 5.46. The third-order valence-electron chi connectivity index (χ3n) is 4.51. The minimum atomic E-state index is 0.502. The molecule has 1 atom stereocenters. The topological polar surface area (TPSA) is 38.7 Å². The Balaban J connectivity index is 1.62. The van der Waals surface area contributed by atoms with Gasteiger partial charge in [0.2, 0.25) is 0 Å². The molecule has 23 heavy (non-hydrogen) atoms. The molecule has 0 radical (unpaired) electrons. The predicted octanol–water partition coefficient (Wildman–Crippen LogP) is 2.41. The molecule has 0 saturated carbocycles. The maximum atomic E-state index is 5.37. The lowest BCUT2D eigenvalue weighted by atomic mass is 10.2. The Bertz CT molecular complexity index is 631. The van der Waals surface area contributed by atoms with Crippen LogP contribution in [0.5, 0.6) is 11.5 Å². The first kappa shape index (κ1) is 15.7. The molecule has 0 unspecified atom stereocenters. The van der Waals surface area contributed by atoms with Crippen LogP contribution in [-0.2, 0) is 13.6 Å². The molecule has 5 heteroatoms. The molecule has 2 heterocycles. The van der Waals surface area contributed by atoms with Crippen LogP contribution in [0, 0.1) is 0 Å². The van der Waals surface area contributed by atoms with Gasteiger partial charge in [0.25, 0.3) is 0 Å². The van der Waals surface area contributed by atoms with Gasteiger partial charge in [-0.2, -0.15) is 0 Å². The minimum Gasteiger partial charge on any atom is -0.497 e. The molecule has 3 rings (SSSR count). The van der Waals surface area contributed by atoms with Crippen LogP contribution in [0.1, 0.15) is 12.1 Å². The first-order valence-electron chi connectivity index (χ1n) is 8.01. The fourth-order valence-corrected chi connectivity index (χ4v) is 3.07. The van der Waals surface area contributed by atoms with Crippen LogP contribution in [0.4, 0.5) is 5.69 Å². The smallest absolute Gasteiger partial charge is 0.124 e. The van der Waals surface area contributed by atoms with E-state index in [4.69, 9.17) is 9.47 Å². The van der Waals surface area contributed by atoms with Crippen molar-refractivity contribution in [2.24, 2.45) is 7.05 Å². The predicted molar refractivity (Wildman–Crippen MR) is 92.4 cm³/mol. The standard InChI is InChI=1S/C18H25N3O2/c1-20-7-4-5-15(20)12-19-14-6-8-21(13-14)16-9-17(22-2)11-18(10-16)23-3/h4-5,7,9-11,14,19H,6,8,12-13H2,1-3H3/t14-/m1/s1. The summed E-state index contributed by atoms with van der Waals surface area (Å²) in [5, 5.41) is 3.66. The maximum absolute atomic E-state index is 5.37. The summed E-state index contributed by atoms with van der Waals surface area (Å²) in [4.78, 5) is 2.38. The van der Waals surface area contributed by atoms with Crippen LogP contribution >= 0.6 is 0 Å². The van der Waals surface area contributed by atoms with E-state index in [2.05, 4.69) is 52.3 Å². The molecule has 1 fully saturated rings. The van der Waals surface area contributed by atoms with Crippen molar-refractivity contribution < 1.29 is 9.47 Å². The summed E-state index contributed by atoms with van der Waals surface area (Å²) >= 11 is 0. The second-order valence-electron chi connectivity index (χ2n) is 5.99. The highest BCUT2D eigenvalue weighted by Crippen LogP contribution is 2.30. The van der Waals surface area contributed by atoms with E-state index >= 15 is 0 Å². The molecule has 5 nitrogen and oxygen atoms in total. The second-order valence-corrected chi connectivity index (χ2v) is 5.99. The monoisotopic (exact) mass is 315 g/mol. The summed E-state index contributed by atoms with van der Waals surface area (Å²) in [6.45, 7) is 2.95. The van der Waals surface area contributed by atoms with E-state index < -0.39 is 0 Å². The first-order valence-corrected chi connectivity index (χ1v) is 8.01. The van der Waals surface area contributed by atoms with E-state index in [0.717, 1.165) is 43.2 Å². The quantitative estimate of drug-likeness (QED) is 0.888. The summed E-state index contributed by atoms with van der Waals surface area (Å²) in [6.07, 6.45) is 3.23. The Morgan fingerprint density at radius 1 is 1.17 bits per heavy atom. The number of nitrogens with zero attached hydrogens (tertiary/aromatic N) is 2. The molecule has 1 aromatic heterocycles. The molecule has 2 aromatic rings. The lowest BCUT2D eigenvalue weighted by molar-refractivity contribution is 0.394. The van der Waals surface area contributed by atoms with Gasteiger partial charge in [-0.05, 0) is 18.6 Å². The Hall–Kier alpha value is -2.14. The number of anilines is 1. The van der Waals surface area contributed by atoms with E-state index in [0.29, 0.717) is 6.04 Å². The fraction of sp³-hybridized carbons (Fsp3) is 0.444. The number of ether oxygens (including phenoxy) is 2. The van der Waals surface area contributed by atoms with Gasteiger partial charge < -0.3 is 24.3 Å². The Morgan fingerprint density at radius 3 is 2.52 bits per heavy atom. The zero-order chi connectivity index (χ0) is 16.2. The molecule has 1 aliphatic rings. The van der Waals surface area contributed by atoms with Gasteiger partial charge in [-0.3, -0.25) is 0 Å². The zero-order valence-corrected chi connectivity index (χ0v) is 14.1. The number of methoxy groups -OCH3 is 2. The molecule has 1 aliphatic heterocycles. The molecule has 0 spiro atoms. The Morgan fingerprint density at radius 2 is 1.91 bits per heavy atom. The molecule has 1 N–H and O–H groups in total. The van der Waals surface area contributed by atoms with Gasteiger partial charge in [-0.15, -0.1) is 0 Å². The molecular formula is C18H25N3O2. The van der Waals surface area contributed by atoms with Crippen molar-refractivity contribution in [3.63, 3.8) is 0 Å². The number of hydrogen-bond acceptors (Lipinski definition) is 4. The van der Waals surface area contributed by atoms with Crippen LogP contribution < -0.4 is 19.7 Å². The van der Waals surface area contributed by atoms with Crippen LogP contribution in [0.25, 0.3) is 0 Å². The van der Waals surface area contributed by atoms with Gasteiger partial charge >= 0.3 is 0 Å². The number of nitrogens with one attached hydrogen (secondary N) is 1. The SMILES string of the molecule is COc1cc(OC)cc(N2CC[C@@H](NCc3cccn3C)C2)c1. The van der Waals surface area contributed by atoms with Crippen molar-refractivity contribution in [1.82, 2.24) is 9.88 Å². The zero-order valence-electron chi connectivity index (χ0n) is 14.1. The van der Waals surface area contributed by atoms with E-state index in [-0.39, 0.29) is 0 Å². The first-order chi connectivity index (χ1) is 11.2. The van der Waals surface area contributed by atoms with Crippen LogP contribution in [0.15, 0.2) is 36.5 Å². The summed E-state index contributed by atoms with van der Waals surface area (Å²) in [5.41, 5.74) is 2.47. The van der Waals surface area contributed by atoms with Crippen molar-refractivity contribution in [3.05, 3.63) is 42.2 Å². The number of aryl methyl sites for hydroxylation is 1. The molecule has 0 bridgehead atoms. The Labute approximate surface area is 137 Å². The van der Waals surface area contributed by atoms with Crippen molar-refractivity contribution >= 4 is 5.69 Å². The third-order valence-corrected chi connectivity index (χ3v) is 4.51. The van der Waals surface area contributed by atoms with E-state index in [1.807, 2.05) is 6.07 Å². The highest BCUT2D eigenvalue weighted by atomic mass is 16.5. The highest BCUT2D eigenvalue weighted by Gasteiger charge is 2.23. The Kier molecular flexibility index (Phi) is 4.76. The van der Waals surface area contributed by atoms with Crippen LogP contribution in [0.3, 0.4) is 0 Å². The largest absolute Gasteiger partial charge is 0.497 e. The van der Waals surface area contributed by atoms with Crippen molar-refractivity contribution in [2.45, 2.75) is 19.0 Å². The van der Waals surface area contributed by atoms with Crippen molar-refractivity contribution in [2.75, 3.05) is 32.2 Å². The molecule has 1 saturated heterocycles. The molecule has 1 aromatic carbocycles. The van der Waals surface area contributed by atoms with Gasteiger partial charge in [0.1, 0.15) is 11.5 Å². The second kappa shape index (κ2) is 6.96. The number of rotatable bonds is 6. The number of aromatic nitrogens is 1. The van der Waals surface area contributed by atoms with Gasteiger partial charge in [0, 0.05) is 68.5 Å². The number of benzene rings is 1. The molecule has 0 aliphatic carbocycles. The molecular weight excluding hydrogens is 290 g/mol. The van der Waals surface area contributed by atoms with E-state index in [9.17, 15) is 0 Å². The minimum absolute atomic E-state index is 0.502. The molecule has 0 amide bonds. The van der Waals surface area contributed by atoms with Gasteiger partial charge in [-0.1, -0.05) is 0 Å². The average molecular weight is 315 g/mol. The number of hydrogen-bond donors (Lipinski definition) is 1. The van der Waals surface area contributed by atoms with Crippen LogP contribution in [0.2, 0.25) is 0 Å². The molecule has 124 valence electrons. The maximum Gasteiger partial charge on any atom is 0.124 e. The third kappa shape index (κ3) is 3.62. The lowest BCUT2D eigenvalue weighted by Crippen LogP contribution is -2.32. The lowest BCUT2D eigenvalue weighted by Gasteiger charge is -2.20. The van der Waals surface area contributed by atoms with Crippen LogP contribution in [-0.4, -0.2) is 37.9 Å². The summed E-state index contributed by atoms with van der Waals surface area (Å²) in [5.74, 6) is 1.67. The van der Waals surface area contributed by atoms with Gasteiger partial charge in [0.05, 0.1) is 14.2 Å². The fourth-order valence-electron chi connectivity index (χ4n) is 3.07. The average Bonchev–Trinajstić information content (AvgIpc) is 3.21. The van der Waals surface area contributed by atoms with Crippen molar-refractivity contribution in [3.8, 4) is 11.5 Å². The highest BCUT2D eigenvalue weighted by molar-refractivity contribution is 5.56. The summed E-state index contributed by atoms with van der Waals surface area (Å²) < 4.78 is 12.9. The van der Waals surface area contributed by atoms with E-state index in [1.54, 1.807) is 14.2 Å². The van der Waals surface area contributed by atoms with Gasteiger partial charge in [-0.25, -0.2) is 0 Å².